The molecule has 2 aromatic rings. The molecule has 4 nitrogen and oxygen atoms in total. The Morgan fingerprint density at radius 3 is 2.52 bits per heavy atom. The van der Waals surface area contributed by atoms with E-state index >= 15 is 0 Å². The van der Waals surface area contributed by atoms with Crippen LogP contribution in [-0.2, 0) is 11.3 Å². The van der Waals surface area contributed by atoms with Gasteiger partial charge < -0.3 is 5.32 Å². The molecule has 0 aliphatic heterocycles. The topological polar surface area (TPSA) is 46.9 Å². The van der Waals surface area contributed by atoms with E-state index in [2.05, 4.69) is 10.4 Å². The molecule has 23 heavy (non-hydrogen) atoms. The lowest BCUT2D eigenvalue weighted by Crippen LogP contribution is -2.22. The highest BCUT2D eigenvalue weighted by molar-refractivity contribution is 5.93. The summed E-state index contributed by atoms with van der Waals surface area (Å²) in [5.41, 5.74) is 2.90. The Morgan fingerprint density at radius 1 is 1.26 bits per heavy atom. The van der Waals surface area contributed by atoms with Crippen LogP contribution in [-0.4, -0.2) is 15.7 Å². The second-order valence-corrected chi connectivity index (χ2v) is 5.80. The molecule has 1 heterocycles. The van der Waals surface area contributed by atoms with Crippen molar-refractivity contribution in [3.8, 4) is 0 Å². The van der Waals surface area contributed by atoms with E-state index in [1.807, 2.05) is 27.7 Å². The summed E-state index contributed by atoms with van der Waals surface area (Å²) < 4.78 is 15.5. The van der Waals surface area contributed by atoms with Crippen LogP contribution in [0.25, 0.3) is 0 Å². The van der Waals surface area contributed by atoms with Crippen molar-refractivity contribution in [3.63, 3.8) is 0 Å². The quantitative estimate of drug-likeness (QED) is 0.873. The van der Waals surface area contributed by atoms with E-state index < -0.39 is 0 Å². The predicted molar refractivity (Wildman–Crippen MR) is 89.9 cm³/mol. The van der Waals surface area contributed by atoms with E-state index in [4.69, 9.17) is 0 Å². The fourth-order valence-electron chi connectivity index (χ4n) is 2.70. The molecule has 2 rings (SSSR count). The summed E-state index contributed by atoms with van der Waals surface area (Å²) in [6.45, 7) is 8.11. The van der Waals surface area contributed by atoms with Gasteiger partial charge in [0.15, 0.2) is 0 Å². The zero-order valence-corrected chi connectivity index (χ0v) is 14.2. The predicted octanol–water partition coefficient (Wildman–Crippen LogP) is 4.06. The molecule has 1 amide bonds. The van der Waals surface area contributed by atoms with Crippen molar-refractivity contribution in [3.05, 3.63) is 47.0 Å². The Morgan fingerprint density at radius 2 is 1.91 bits per heavy atom. The lowest BCUT2D eigenvalue weighted by molar-refractivity contribution is -0.120. The van der Waals surface area contributed by atoms with E-state index in [1.54, 1.807) is 22.9 Å². The maximum atomic E-state index is 13.8. The van der Waals surface area contributed by atoms with Gasteiger partial charge in [-0.3, -0.25) is 9.48 Å². The van der Waals surface area contributed by atoms with E-state index in [9.17, 15) is 9.18 Å². The number of halogens is 1. The number of carbonyl (C=O) groups is 1. The summed E-state index contributed by atoms with van der Waals surface area (Å²) in [4.78, 5) is 12.3. The van der Waals surface area contributed by atoms with Crippen LogP contribution in [0.4, 0.5) is 10.1 Å². The van der Waals surface area contributed by atoms with E-state index in [1.165, 1.54) is 6.07 Å². The third-order valence-corrected chi connectivity index (χ3v) is 4.26. The van der Waals surface area contributed by atoms with Crippen molar-refractivity contribution in [2.24, 2.45) is 5.92 Å². The third-order valence-electron chi connectivity index (χ3n) is 4.26. The molecule has 0 saturated carbocycles. The second kappa shape index (κ2) is 7.40. The van der Waals surface area contributed by atoms with Crippen molar-refractivity contribution in [1.29, 1.82) is 0 Å². The number of anilines is 1. The number of rotatable bonds is 6. The Balaban J connectivity index is 2.23. The van der Waals surface area contributed by atoms with Gasteiger partial charge in [-0.1, -0.05) is 32.0 Å². The van der Waals surface area contributed by atoms with Gasteiger partial charge in [0.1, 0.15) is 5.82 Å². The van der Waals surface area contributed by atoms with Gasteiger partial charge in [0.2, 0.25) is 5.91 Å². The van der Waals surface area contributed by atoms with E-state index in [-0.39, 0.29) is 17.6 Å². The average molecular weight is 317 g/mol. The minimum atomic E-state index is -0.248. The summed E-state index contributed by atoms with van der Waals surface area (Å²) >= 11 is 0. The number of hydrogen-bond donors (Lipinski definition) is 1. The number of benzene rings is 1. The Labute approximate surface area is 136 Å². The minimum Gasteiger partial charge on any atom is -0.323 e. The summed E-state index contributed by atoms with van der Waals surface area (Å²) in [6, 6.07) is 6.66. The summed E-state index contributed by atoms with van der Waals surface area (Å²) in [7, 11) is 0. The van der Waals surface area contributed by atoms with Gasteiger partial charge in [-0.2, -0.15) is 5.10 Å². The molecule has 0 spiro atoms. The maximum Gasteiger partial charge on any atom is 0.227 e. The van der Waals surface area contributed by atoms with Gasteiger partial charge in [0.05, 0.1) is 23.6 Å². The van der Waals surface area contributed by atoms with Gasteiger partial charge in [-0.25, -0.2) is 4.39 Å². The molecule has 0 radical (unpaired) electrons. The lowest BCUT2D eigenvalue weighted by Gasteiger charge is -2.13. The number of nitrogens with zero attached hydrogens (tertiary/aromatic N) is 2. The first-order valence-corrected chi connectivity index (χ1v) is 8.06. The van der Waals surface area contributed by atoms with Gasteiger partial charge in [-0.05, 0) is 32.8 Å². The molecule has 0 fully saturated rings. The van der Waals surface area contributed by atoms with Crippen molar-refractivity contribution >= 4 is 11.6 Å². The summed E-state index contributed by atoms with van der Waals surface area (Å²) in [5, 5.41) is 7.43. The first-order chi connectivity index (χ1) is 11.0. The van der Waals surface area contributed by atoms with Crippen molar-refractivity contribution in [2.45, 2.75) is 47.1 Å². The van der Waals surface area contributed by atoms with Gasteiger partial charge >= 0.3 is 0 Å². The number of nitrogens with one attached hydrogen (secondary N) is 1. The molecule has 1 aromatic carbocycles. The Hall–Kier alpha value is -2.17. The zero-order valence-electron chi connectivity index (χ0n) is 14.2. The van der Waals surface area contributed by atoms with Crippen LogP contribution in [0, 0.1) is 25.6 Å². The molecule has 1 aromatic heterocycles. The number of aryl methyl sites for hydroxylation is 1. The largest absolute Gasteiger partial charge is 0.323 e. The molecule has 1 N–H and O–H groups in total. The molecule has 0 unspecified atom stereocenters. The normalized spacial score (nSPS) is 11.0. The van der Waals surface area contributed by atoms with Crippen molar-refractivity contribution < 1.29 is 9.18 Å². The second-order valence-electron chi connectivity index (χ2n) is 5.80. The summed E-state index contributed by atoms with van der Waals surface area (Å²) in [6.07, 6.45) is 1.62. The Bertz CT molecular complexity index is 690. The number of amides is 1. The lowest BCUT2D eigenvalue weighted by atomic mass is 10.0. The van der Waals surface area contributed by atoms with Crippen LogP contribution in [0.2, 0.25) is 0 Å². The van der Waals surface area contributed by atoms with E-state index in [0.29, 0.717) is 12.1 Å². The van der Waals surface area contributed by atoms with Crippen LogP contribution < -0.4 is 5.32 Å². The highest BCUT2D eigenvalue weighted by Crippen LogP contribution is 2.22. The number of carbonyl (C=O) groups excluding carboxylic acids is 1. The van der Waals surface area contributed by atoms with Crippen LogP contribution in [0.3, 0.4) is 0 Å². The smallest absolute Gasteiger partial charge is 0.227 e. The molecule has 0 bridgehead atoms. The molecular formula is C18H24FN3O. The SMILES string of the molecule is CCC(CC)C(=O)Nc1c(C)nn(Cc2ccccc2F)c1C. The molecule has 124 valence electrons. The Kier molecular flexibility index (Phi) is 5.53. The first-order valence-electron chi connectivity index (χ1n) is 8.06. The molecule has 5 heteroatoms. The molecule has 0 aliphatic rings. The zero-order chi connectivity index (χ0) is 17.0. The number of hydrogen-bond acceptors (Lipinski definition) is 2. The molecule has 0 atom stereocenters. The highest BCUT2D eigenvalue weighted by atomic mass is 19.1. The maximum absolute atomic E-state index is 13.8. The van der Waals surface area contributed by atoms with Gasteiger partial charge in [-0.15, -0.1) is 0 Å². The minimum absolute atomic E-state index is 0.00344. The highest BCUT2D eigenvalue weighted by Gasteiger charge is 2.19. The third kappa shape index (κ3) is 3.78. The molecular weight excluding hydrogens is 293 g/mol. The fourth-order valence-corrected chi connectivity index (χ4v) is 2.70. The standard InChI is InChI=1S/C18H24FN3O/c1-5-14(6-2)18(23)20-17-12(3)21-22(13(17)4)11-15-9-7-8-10-16(15)19/h7-10,14H,5-6,11H2,1-4H3,(H,20,23). The van der Waals surface area contributed by atoms with Crippen molar-refractivity contribution in [2.75, 3.05) is 5.32 Å². The summed E-state index contributed by atoms with van der Waals surface area (Å²) in [5.74, 6) is -0.224. The number of aromatic nitrogens is 2. The van der Waals surface area contributed by atoms with Gasteiger partial charge in [0.25, 0.3) is 0 Å². The van der Waals surface area contributed by atoms with E-state index in [0.717, 1.165) is 29.9 Å². The fraction of sp³-hybridized carbons (Fsp3) is 0.444. The average Bonchev–Trinajstić information content (AvgIpc) is 2.78. The monoisotopic (exact) mass is 317 g/mol. The van der Waals surface area contributed by atoms with Crippen LogP contribution in [0.5, 0.6) is 0 Å². The van der Waals surface area contributed by atoms with Crippen LogP contribution >= 0.6 is 0 Å². The molecule has 0 saturated heterocycles. The van der Waals surface area contributed by atoms with Crippen LogP contribution in [0.1, 0.15) is 43.6 Å². The molecule has 0 aliphatic carbocycles. The first kappa shape index (κ1) is 17.2. The van der Waals surface area contributed by atoms with Crippen molar-refractivity contribution in [1.82, 2.24) is 9.78 Å². The van der Waals surface area contributed by atoms with Crippen LogP contribution in [0.15, 0.2) is 24.3 Å². The van der Waals surface area contributed by atoms with Gasteiger partial charge in [0, 0.05) is 11.5 Å².